The molecule has 0 aliphatic carbocycles. The van der Waals surface area contributed by atoms with Crippen LogP contribution in [0.3, 0.4) is 0 Å². The number of hydrogen-bond acceptors (Lipinski definition) is 3. The maximum absolute atomic E-state index is 10.6. The quantitative estimate of drug-likeness (QED) is 0.195. The second-order valence-corrected chi connectivity index (χ2v) is 8.70. The molecular formula is C17H37NNaO3S. The Kier molecular flexibility index (Phi) is 17.2. The second kappa shape index (κ2) is 15.2. The Labute approximate surface area is 167 Å². The fraction of sp³-hybridized carbons (Fsp3) is 1.00. The van der Waals surface area contributed by atoms with Gasteiger partial charge in [-0.15, -0.1) is 0 Å². The van der Waals surface area contributed by atoms with Gasteiger partial charge in [0.2, 0.25) is 0 Å². The number of nitrogens with zero attached hydrogens (tertiary/aromatic N) is 1. The van der Waals surface area contributed by atoms with Crippen LogP contribution in [0.5, 0.6) is 0 Å². The summed E-state index contributed by atoms with van der Waals surface area (Å²) in [5, 5.41) is 0. The molecule has 0 amide bonds. The third kappa shape index (κ3) is 20.8. The molecule has 0 aromatic rings. The molecule has 0 bridgehead atoms. The largest absolute Gasteiger partial charge is 0.748 e. The molecule has 0 aromatic heterocycles. The average molecular weight is 359 g/mol. The molecule has 0 saturated carbocycles. The summed E-state index contributed by atoms with van der Waals surface area (Å²) in [7, 11) is 0.182. The molecule has 6 heteroatoms. The number of unbranched alkanes of at least 4 members (excludes halogenated alkanes) is 9. The van der Waals surface area contributed by atoms with Gasteiger partial charge < -0.3 is 9.04 Å². The van der Waals surface area contributed by atoms with Crippen LogP contribution in [0.15, 0.2) is 0 Å². The van der Waals surface area contributed by atoms with E-state index in [1.54, 1.807) is 0 Å². The normalized spacial score (nSPS) is 12.2. The fourth-order valence-electron chi connectivity index (χ4n) is 2.81. The minimum Gasteiger partial charge on any atom is -0.748 e. The van der Waals surface area contributed by atoms with Crippen molar-refractivity contribution in [3.05, 3.63) is 0 Å². The molecule has 0 spiro atoms. The zero-order valence-electron chi connectivity index (χ0n) is 16.0. The van der Waals surface area contributed by atoms with E-state index in [2.05, 4.69) is 21.0 Å². The van der Waals surface area contributed by atoms with Crippen molar-refractivity contribution in [2.24, 2.45) is 0 Å². The summed E-state index contributed by atoms with van der Waals surface area (Å²) in [6.07, 6.45) is 13.8. The molecule has 135 valence electrons. The van der Waals surface area contributed by atoms with E-state index in [-0.39, 0.29) is 35.3 Å². The van der Waals surface area contributed by atoms with E-state index in [1.807, 2.05) is 0 Å². The summed E-state index contributed by atoms with van der Waals surface area (Å²) >= 11 is 0. The van der Waals surface area contributed by atoms with Crippen LogP contribution in [0.1, 0.15) is 77.6 Å². The average Bonchev–Trinajstić information content (AvgIpc) is 2.39. The van der Waals surface area contributed by atoms with Gasteiger partial charge in [0.1, 0.15) is 0 Å². The first-order chi connectivity index (χ1) is 10.3. The second-order valence-electron chi connectivity index (χ2n) is 7.18. The summed E-state index contributed by atoms with van der Waals surface area (Å²) < 4.78 is 32.6. The van der Waals surface area contributed by atoms with Crippen LogP contribution >= 0.6 is 0 Å². The van der Waals surface area contributed by atoms with Crippen LogP contribution < -0.4 is 0 Å². The van der Waals surface area contributed by atoms with Crippen molar-refractivity contribution in [2.75, 3.05) is 32.9 Å². The molecular weight excluding hydrogens is 321 g/mol. The third-order valence-electron chi connectivity index (χ3n) is 4.27. The summed E-state index contributed by atoms with van der Waals surface area (Å²) in [4.78, 5) is 0. The van der Waals surface area contributed by atoms with Crippen LogP contribution in [-0.4, -0.2) is 79.9 Å². The molecule has 0 heterocycles. The summed E-state index contributed by atoms with van der Waals surface area (Å²) in [5.74, 6) is -0.229. The summed E-state index contributed by atoms with van der Waals surface area (Å²) in [6.45, 7) is 4.08. The van der Waals surface area contributed by atoms with Gasteiger partial charge in [0.25, 0.3) is 0 Å². The molecule has 1 radical (unpaired) electrons. The zero-order chi connectivity index (χ0) is 16.9. The molecule has 0 aliphatic rings. The van der Waals surface area contributed by atoms with E-state index in [1.165, 1.54) is 64.2 Å². The maximum atomic E-state index is 10.6. The van der Waals surface area contributed by atoms with E-state index < -0.39 is 10.1 Å². The van der Waals surface area contributed by atoms with Gasteiger partial charge in [0.15, 0.2) is 0 Å². The van der Waals surface area contributed by atoms with Crippen molar-refractivity contribution in [1.29, 1.82) is 0 Å². The van der Waals surface area contributed by atoms with Gasteiger partial charge in [-0.05, 0) is 12.8 Å². The Morgan fingerprint density at radius 2 is 1.13 bits per heavy atom. The van der Waals surface area contributed by atoms with Gasteiger partial charge in [-0.1, -0.05) is 58.3 Å². The van der Waals surface area contributed by atoms with Crippen LogP contribution in [0.4, 0.5) is 0 Å². The van der Waals surface area contributed by atoms with Gasteiger partial charge in [-0.2, -0.15) is 0 Å². The van der Waals surface area contributed by atoms with Gasteiger partial charge >= 0.3 is 0 Å². The number of rotatable bonds is 15. The first-order valence-corrected chi connectivity index (χ1v) is 10.6. The van der Waals surface area contributed by atoms with Crippen molar-refractivity contribution >= 4 is 39.7 Å². The minimum absolute atomic E-state index is 0. The van der Waals surface area contributed by atoms with Crippen LogP contribution in [0.25, 0.3) is 0 Å². The van der Waals surface area contributed by atoms with Crippen molar-refractivity contribution in [3.8, 4) is 0 Å². The van der Waals surface area contributed by atoms with Gasteiger partial charge in [-0.25, -0.2) is 8.42 Å². The molecule has 4 nitrogen and oxygen atoms in total. The Bertz CT molecular complexity index is 359. The van der Waals surface area contributed by atoms with Crippen molar-refractivity contribution in [2.45, 2.75) is 77.6 Å². The molecule has 0 unspecified atom stereocenters. The maximum Gasteiger partial charge on any atom is 0.0948 e. The van der Waals surface area contributed by atoms with Gasteiger partial charge in [0.05, 0.1) is 37.3 Å². The van der Waals surface area contributed by atoms with Crippen LogP contribution in [0, 0.1) is 0 Å². The molecule has 0 saturated heterocycles. The molecule has 0 aromatic carbocycles. The molecule has 0 N–H and O–H groups in total. The monoisotopic (exact) mass is 358 g/mol. The van der Waals surface area contributed by atoms with E-state index in [0.29, 0.717) is 6.42 Å². The Balaban J connectivity index is 0. The molecule has 0 atom stereocenters. The number of hydrogen-bond donors (Lipinski definition) is 0. The summed E-state index contributed by atoms with van der Waals surface area (Å²) in [5.41, 5.74) is 0. The molecule has 23 heavy (non-hydrogen) atoms. The Morgan fingerprint density at radius 1 is 0.739 bits per heavy atom. The van der Waals surface area contributed by atoms with E-state index in [4.69, 9.17) is 0 Å². The third-order valence-corrected chi connectivity index (χ3v) is 5.06. The van der Waals surface area contributed by atoms with Crippen LogP contribution in [0.2, 0.25) is 0 Å². The first-order valence-electron chi connectivity index (χ1n) is 9.02. The van der Waals surface area contributed by atoms with Crippen molar-refractivity contribution in [3.63, 3.8) is 0 Å². The number of quaternary nitrogens is 1. The topological polar surface area (TPSA) is 57.2 Å². The predicted molar refractivity (Wildman–Crippen MR) is 98.6 cm³/mol. The van der Waals surface area contributed by atoms with Gasteiger partial charge in [-0.3, -0.25) is 0 Å². The fourth-order valence-corrected chi connectivity index (χ4v) is 3.29. The van der Waals surface area contributed by atoms with E-state index in [9.17, 15) is 13.0 Å². The molecule has 0 aliphatic heterocycles. The predicted octanol–water partition coefficient (Wildman–Crippen LogP) is 3.54. The molecule has 0 fully saturated rings. The Hall–Kier alpha value is 0.870. The first kappa shape index (κ1) is 26.1. The van der Waals surface area contributed by atoms with E-state index >= 15 is 0 Å². The standard InChI is InChI=1S/C17H37NO3S.Na/c1-4-5-6-7-8-9-10-11-12-13-15-18(2,3)16-14-17-22(19,20)21;/h4-17H2,1-3H3;. The SMILES string of the molecule is CCCCCCCCCCCC[N+](C)(C)CCCS(=O)(=O)[O-].[Na]. The van der Waals surface area contributed by atoms with Crippen LogP contribution in [-0.2, 0) is 10.1 Å². The minimum atomic E-state index is -4.05. The molecule has 0 rings (SSSR count). The van der Waals surface area contributed by atoms with Crippen molar-refractivity contribution in [1.82, 2.24) is 0 Å². The van der Waals surface area contributed by atoms with Crippen molar-refractivity contribution < 1.29 is 17.5 Å². The Morgan fingerprint density at radius 3 is 1.57 bits per heavy atom. The van der Waals surface area contributed by atoms with Gasteiger partial charge in [0, 0.05) is 41.7 Å². The van der Waals surface area contributed by atoms with E-state index in [0.717, 1.165) is 17.6 Å². The summed E-state index contributed by atoms with van der Waals surface area (Å²) in [6, 6.07) is 0. The zero-order valence-corrected chi connectivity index (χ0v) is 18.8. The smallest absolute Gasteiger partial charge is 0.0948 e.